The number of hydrogen-bond acceptors (Lipinski definition) is 3. The molecule has 0 spiro atoms. The molecule has 0 heterocycles. The molecule has 0 atom stereocenters. The van der Waals surface area contributed by atoms with E-state index < -0.39 is 0 Å². The summed E-state index contributed by atoms with van der Waals surface area (Å²) in [6.07, 6.45) is 0. The monoisotopic (exact) mass is 361 g/mol. The van der Waals surface area contributed by atoms with Gasteiger partial charge in [0.05, 0.1) is 7.11 Å². The minimum atomic E-state index is -0.189. The maximum atomic E-state index is 12.1. The van der Waals surface area contributed by atoms with Gasteiger partial charge in [-0.3, -0.25) is 4.79 Å². The maximum absolute atomic E-state index is 12.1. The number of methoxy groups -OCH3 is 1. The molecule has 0 saturated carbocycles. The first-order valence-electron chi connectivity index (χ1n) is 8.23. The van der Waals surface area contributed by atoms with Gasteiger partial charge in [0.2, 0.25) is 0 Å². The van der Waals surface area contributed by atoms with Crippen molar-refractivity contribution in [2.24, 2.45) is 0 Å². The Hall–Kier alpha value is -2.20. The van der Waals surface area contributed by atoms with Gasteiger partial charge in [0.15, 0.2) is 6.61 Å². The van der Waals surface area contributed by atoms with Crippen LogP contribution in [0.2, 0.25) is 5.02 Å². The van der Waals surface area contributed by atoms with Crippen LogP contribution in [0.25, 0.3) is 0 Å². The topological polar surface area (TPSA) is 47.6 Å². The Kier molecular flexibility index (Phi) is 6.71. The summed E-state index contributed by atoms with van der Waals surface area (Å²) in [5.74, 6) is 1.53. The third-order valence-electron chi connectivity index (χ3n) is 3.94. The molecule has 134 valence electrons. The van der Waals surface area contributed by atoms with E-state index in [-0.39, 0.29) is 18.4 Å². The molecule has 0 aliphatic heterocycles. The molecule has 0 aliphatic rings. The van der Waals surface area contributed by atoms with Crippen molar-refractivity contribution in [2.45, 2.75) is 33.2 Å². The SMILES string of the molecule is COc1ccccc1CNC(=O)COc1cc(C(C)C)c(Cl)cc1C. The Bertz CT molecular complexity index is 744. The number of nitrogens with one attached hydrogen (secondary N) is 1. The number of para-hydroxylation sites is 1. The van der Waals surface area contributed by atoms with Crippen molar-refractivity contribution in [3.05, 3.63) is 58.1 Å². The molecule has 2 aromatic carbocycles. The van der Waals surface area contributed by atoms with E-state index in [0.717, 1.165) is 27.5 Å². The Balaban J connectivity index is 1.95. The zero-order valence-corrected chi connectivity index (χ0v) is 15.8. The first-order chi connectivity index (χ1) is 11.9. The quantitative estimate of drug-likeness (QED) is 0.791. The van der Waals surface area contributed by atoms with Gasteiger partial charge >= 0.3 is 0 Å². The summed E-state index contributed by atoms with van der Waals surface area (Å²) in [5, 5.41) is 3.56. The summed E-state index contributed by atoms with van der Waals surface area (Å²) in [4.78, 5) is 12.1. The number of hydrogen-bond donors (Lipinski definition) is 1. The number of carbonyl (C=O) groups excluding carboxylic acids is 1. The molecule has 0 saturated heterocycles. The van der Waals surface area contributed by atoms with E-state index in [4.69, 9.17) is 21.1 Å². The van der Waals surface area contributed by atoms with Crippen LogP contribution in [-0.4, -0.2) is 19.6 Å². The summed E-state index contributed by atoms with van der Waals surface area (Å²) in [6.45, 7) is 6.40. The lowest BCUT2D eigenvalue weighted by molar-refractivity contribution is -0.123. The number of halogens is 1. The van der Waals surface area contributed by atoms with Crippen LogP contribution in [0.5, 0.6) is 11.5 Å². The molecule has 5 heteroatoms. The van der Waals surface area contributed by atoms with Gasteiger partial charge in [0.1, 0.15) is 11.5 Å². The first kappa shape index (κ1) is 19.1. The summed E-state index contributed by atoms with van der Waals surface area (Å²) >= 11 is 6.26. The molecule has 0 radical (unpaired) electrons. The fraction of sp³-hybridized carbons (Fsp3) is 0.350. The van der Waals surface area contributed by atoms with Crippen LogP contribution in [0.1, 0.15) is 36.5 Å². The van der Waals surface area contributed by atoms with E-state index in [1.165, 1.54) is 0 Å². The Labute approximate surface area is 154 Å². The lowest BCUT2D eigenvalue weighted by Gasteiger charge is -2.15. The lowest BCUT2D eigenvalue weighted by Crippen LogP contribution is -2.28. The van der Waals surface area contributed by atoms with E-state index in [9.17, 15) is 4.79 Å². The van der Waals surface area contributed by atoms with E-state index in [0.29, 0.717) is 12.3 Å². The van der Waals surface area contributed by atoms with Crippen LogP contribution in [0.3, 0.4) is 0 Å². The van der Waals surface area contributed by atoms with Crippen molar-refractivity contribution in [3.63, 3.8) is 0 Å². The lowest BCUT2D eigenvalue weighted by atomic mass is 10.0. The van der Waals surface area contributed by atoms with Crippen LogP contribution in [0.4, 0.5) is 0 Å². The second-order valence-corrected chi connectivity index (χ2v) is 6.58. The molecule has 0 unspecified atom stereocenters. The van der Waals surface area contributed by atoms with Gasteiger partial charge in [-0.05, 0) is 42.2 Å². The van der Waals surface area contributed by atoms with Crippen molar-refractivity contribution < 1.29 is 14.3 Å². The standard InChI is InChI=1S/C20H24ClNO3/c1-13(2)16-10-19(14(3)9-17(16)21)25-12-20(23)22-11-15-7-5-6-8-18(15)24-4/h5-10,13H,11-12H2,1-4H3,(H,22,23). The smallest absolute Gasteiger partial charge is 0.258 e. The van der Waals surface area contributed by atoms with Gasteiger partial charge in [0.25, 0.3) is 5.91 Å². The molecular weight excluding hydrogens is 338 g/mol. The van der Waals surface area contributed by atoms with Crippen LogP contribution >= 0.6 is 11.6 Å². The third-order valence-corrected chi connectivity index (χ3v) is 4.27. The molecule has 0 aromatic heterocycles. The average molecular weight is 362 g/mol. The predicted octanol–water partition coefficient (Wildman–Crippen LogP) is 4.48. The van der Waals surface area contributed by atoms with Crippen molar-refractivity contribution in [1.29, 1.82) is 0 Å². The van der Waals surface area contributed by atoms with Crippen molar-refractivity contribution in [3.8, 4) is 11.5 Å². The number of aryl methyl sites for hydroxylation is 1. The highest BCUT2D eigenvalue weighted by molar-refractivity contribution is 6.31. The van der Waals surface area contributed by atoms with E-state index >= 15 is 0 Å². The largest absolute Gasteiger partial charge is 0.496 e. The fourth-order valence-electron chi connectivity index (χ4n) is 2.50. The van der Waals surface area contributed by atoms with Gasteiger partial charge in [-0.2, -0.15) is 0 Å². The Morgan fingerprint density at radius 2 is 1.92 bits per heavy atom. The van der Waals surface area contributed by atoms with Crippen LogP contribution in [-0.2, 0) is 11.3 Å². The zero-order valence-electron chi connectivity index (χ0n) is 15.1. The normalized spacial score (nSPS) is 10.6. The maximum Gasteiger partial charge on any atom is 0.258 e. The van der Waals surface area contributed by atoms with Gasteiger partial charge in [-0.15, -0.1) is 0 Å². The van der Waals surface area contributed by atoms with E-state index in [2.05, 4.69) is 19.2 Å². The van der Waals surface area contributed by atoms with E-state index in [1.807, 2.05) is 43.3 Å². The number of ether oxygens (including phenoxy) is 2. The summed E-state index contributed by atoms with van der Waals surface area (Å²) in [7, 11) is 1.61. The molecule has 1 N–H and O–H groups in total. The van der Waals surface area contributed by atoms with Gasteiger partial charge in [-0.25, -0.2) is 0 Å². The second kappa shape index (κ2) is 8.77. The molecular formula is C20H24ClNO3. The minimum absolute atomic E-state index is 0.0465. The predicted molar refractivity (Wildman–Crippen MR) is 101 cm³/mol. The first-order valence-corrected chi connectivity index (χ1v) is 8.61. The second-order valence-electron chi connectivity index (χ2n) is 6.17. The molecule has 4 nitrogen and oxygen atoms in total. The Morgan fingerprint density at radius 3 is 2.60 bits per heavy atom. The Morgan fingerprint density at radius 1 is 1.20 bits per heavy atom. The molecule has 1 amide bonds. The summed E-state index contributed by atoms with van der Waals surface area (Å²) in [6, 6.07) is 11.4. The highest BCUT2D eigenvalue weighted by Gasteiger charge is 2.12. The highest BCUT2D eigenvalue weighted by Crippen LogP contribution is 2.31. The highest BCUT2D eigenvalue weighted by atomic mass is 35.5. The van der Waals surface area contributed by atoms with E-state index in [1.54, 1.807) is 7.11 Å². The average Bonchev–Trinajstić information content (AvgIpc) is 2.59. The van der Waals surface area contributed by atoms with Gasteiger partial charge < -0.3 is 14.8 Å². The van der Waals surface area contributed by atoms with Gasteiger partial charge in [0, 0.05) is 17.1 Å². The number of amides is 1. The van der Waals surface area contributed by atoms with Crippen molar-refractivity contribution >= 4 is 17.5 Å². The van der Waals surface area contributed by atoms with Crippen molar-refractivity contribution in [2.75, 3.05) is 13.7 Å². The summed E-state index contributed by atoms with van der Waals surface area (Å²) < 4.78 is 11.0. The van der Waals surface area contributed by atoms with Crippen molar-refractivity contribution in [1.82, 2.24) is 5.32 Å². The van der Waals surface area contributed by atoms with Crippen LogP contribution in [0.15, 0.2) is 36.4 Å². The van der Waals surface area contributed by atoms with Gasteiger partial charge in [-0.1, -0.05) is 43.6 Å². The van der Waals surface area contributed by atoms with Crippen LogP contribution < -0.4 is 14.8 Å². The molecule has 25 heavy (non-hydrogen) atoms. The summed E-state index contributed by atoms with van der Waals surface area (Å²) in [5.41, 5.74) is 2.84. The molecule has 0 aliphatic carbocycles. The molecule has 0 bridgehead atoms. The number of benzene rings is 2. The zero-order chi connectivity index (χ0) is 18.4. The fourth-order valence-corrected chi connectivity index (χ4v) is 2.94. The third kappa shape index (κ3) is 5.13. The number of rotatable bonds is 7. The molecule has 2 aromatic rings. The van der Waals surface area contributed by atoms with Crippen LogP contribution in [0, 0.1) is 6.92 Å². The molecule has 0 fully saturated rings. The number of carbonyl (C=O) groups is 1. The minimum Gasteiger partial charge on any atom is -0.496 e. The molecule has 2 rings (SSSR count).